The Hall–Kier alpha value is -1.78. The Labute approximate surface area is 94.9 Å². The van der Waals surface area contributed by atoms with Gasteiger partial charge in [0.1, 0.15) is 0 Å². The molecule has 86 valence electrons. The van der Waals surface area contributed by atoms with Gasteiger partial charge in [-0.3, -0.25) is 9.36 Å². The Morgan fingerprint density at radius 1 is 1.19 bits per heavy atom. The van der Waals surface area contributed by atoms with Crippen molar-refractivity contribution in [3.63, 3.8) is 0 Å². The first-order valence-electron chi connectivity index (χ1n) is 5.27. The van der Waals surface area contributed by atoms with Crippen molar-refractivity contribution in [3.8, 4) is 0 Å². The van der Waals surface area contributed by atoms with E-state index < -0.39 is 0 Å². The summed E-state index contributed by atoms with van der Waals surface area (Å²) in [6, 6.07) is 0. The zero-order valence-corrected chi connectivity index (χ0v) is 10.2. The van der Waals surface area contributed by atoms with Crippen LogP contribution in [0.2, 0.25) is 0 Å². The zero-order chi connectivity index (χ0) is 11.9. The SMILES string of the molecule is Cc1nn(C)cc1Cn1nc(C)c(N)c1C. The van der Waals surface area contributed by atoms with Gasteiger partial charge in [-0.05, 0) is 20.8 Å². The molecule has 5 heteroatoms. The number of aryl methyl sites for hydroxylation is 3. The molecule has 0 aliphatic rings. The van der Waals surface area contributed by atoms with Gasteiger partial charge < -0.3 is 5.73 Å². The van der Waals surface area contributed by atoms with Gasteiger partial charge >= 0.3 is 0 Å². The summed E-state index contributed by atoms with van der Waals surface area (Å²) in [7, 11) is 1.92. The number of rotatable bonds is 2. The van der Waals surface area contributed by atoms with E-state index in [1.807, 2.05) is 43.4 Å². The Morgan fingerprint density at radius 3 is 2.31 bits per heavy atom. The standard InChI is InChI=1S/C11H17N5/c1-7-10(5-15(4)13-7)6-16-9(3)11(12)8(2)14-16/h5H,6,12H2,1-4H3. The molecule has 0 amide bonds. The lowest BCUT2D eigenvalue weighted by molar-refractivity contribution is 0.656. The molecule has 0 saturated heterocycles. The minimum absolute atomic E-state index is 0.726. The van der Waals surface area contributed by atoms with Crippen molar-refractivity contribution in [2.75, 3.05) is 5.73 Å². The second-order valence-electron chi connectivity index (χ2n) is 4.16. The van der Waals surface area contributed by atoms with Gasteiger partial charge in [0, 0.05) is 18.8 Å². The van der Waals surface area contributed by atoms with Gasteiger partial charge in [-0.1, -0.05) is 0 Å². The molecule has 0 spiro atoms. The summed E-state index contributed by atoms with van der Waals surface area (Å²) in [5.41, 5.74) is 10.8. The van der Waals surface area contributed by atoms with Gasteiger partial charge in [0.25, 0.3) is 0 Å². The van der Waals surface area contributed by atoms with E-state index in [0.717, 1.165) is 29.3 Å². The lowest BCUT2D eigenvalue weighted by Gasteiger charge is -2.02. The summed E-state index contributed by atoms with van der Waals surface area (Å²) >= 11 is 0. The van der Waals surface area contributed by atoms with E-state index >= 15 is 0 Å². The number of aromatic nitrogens is 4. The van der Waals surface area contributed by atoms with Crippen LogP contribution < -0.4 is 5.73 Å². The molecule has 2 N–H and O–H groups in total. The van der Waals surface area contributed by atoms with Gasteiger partial charge in [-0.2, -0.15) is 10.2 Å². The second kappa shape index (κ2) is 3.66. The minimum Gasteiger partial charge on any atom is -0.396 e. The van der Waals surface area contributed by atoms with E-state index in [-0.39, 0.29) is 0 Å². The Balaban J connectivity index is 2.34. The van der Waals surface area contributed by atoms with Crippen LogP contribution in [0.25, 0.3) is 0 Å². The Kier molecular flexibility index (Phi) is 2.46. The first kappa shape index (κ1) is 10.7. The third-order valence-electron chi connectivity index (χ3n) is 2.87. The van der Waals surface area contributed by atoms with Crippen LogP contribution in [0.4, 0.5) is 5.69 Å². The molecule has 0 saturated carbocycles. The molecule has 0 bridgehead atoms. The van der Waals surface area contributed by atoms with Gasteiger partial charge in [0.05, 0.1) is 29.3 Å². The van der Waals surface area contributed by atoms with E-state index in [4.69, 9.17) is 5.73 Å². The number of nitrogen functional groups attached to an aromatic ring is 1. The average molecular weight is 219 g/mol. The fraction of sp³-hybridized carbons (Fsp3) is 0.455. The van der Waals surface area contributed by atoms with Crippen molar-refractivity contribution >= 4 is 5.69 Å². The van der Waals surface area contributed by atoms with Crippen LogP contribution in [0.5, 0.6) is 0 Å². The summed E-state index contributed by atoms with van der Waals surface area (Å²) < 4.78 is 3.74. The Morgan fingerprint density at radius 2 is 1.88 bits per heavy atom. The molecule has 16 heavy (non-hydrogen) atoms. The highest BCUT2D eigenvalue weighted by molar-refractivity contribution is 5.47. The third kappa shape index (κ3) is 1.68. The molecular weight excluding hydrogens is 202 g/mol. The fourth-order valence-corrected chi connectivity index (χ4v) is 1.83. The molecular formula is C11H17N5. The number of hydrogen-bond donors (Lipinski definition) is 1. The van der Waals surface area contributed by atoms with Crippen LogP contribution in [0.1, 0.15) is 22.6 Å². The molecule has 0 aliphatic heterocycles. The van der Waals surface area contributed by atoms with Crippen molar-refractivity contribution in [1.29, 1.82) is 0 Å². The van der Waals surface area contributed by atoms with Crippen molar-refractivity contribution in [1.82, 2.24) is 19.6 Å². The number of nitrogens with two attached hydrogens (primary N) is 1. The summed E-state index contributed by atoms with van der Waals surface area (Å²) in [5.74, 6) is 0. The molecule has 2 aromatic rings. The van der Waals surface area contributed by atoms with Crippen LogP contribution in [0.3, 0.4) is 0 Å². The highest BCUT2D eigenvalue weighted by atomic mass is 15.3. The van der Waals surface area contributed by atoms with Gasteiger partial charge in [0.2, 0.25) is 0 Å². The third-order valence-corrected chi connectivity index (χ3v) is 2.87. The minimum atomic E-state index is 0.726. The largest absolute Gasteiger partial charge is 0.396 e. The van der Waals surface area contributed by atoms with Crippen molar-refractivity contribution in [2.45, 2.75) is 27.3 Å². The van der Waals surface area contributed by atoms with E-state index in [1.54, 1.807) is 0 Å². The highest BCUT2D eigenvalue weighted by Gasteiger charge is 2.10. The molecule has 5 nitrogen and oxygen atoms in total. The predicted molar refractivity (Wildman–Crippen MR) is 63.2 cm³/mol. The molecule has 0 aromatic carbocycles. The van der Waals surface area contributed by atoms with Crippen LogP contribution in [0, 0.1) is 20.8 Å². The molecule has 2 aromatic heterocycles. The molecule has 2 heterocycles. The average Bonchev–Trinajstić information content (AvgIpc) is 2.64. The first-order valence-corrected chi connectivity index (χ1v) is 5.27. The quantitative estimate of drug-likeness (QED) is 0.824. The number of anilines is 1. The number of nitrogens with zero attached hydrogens (tertiary/aromatic N) is 4. The first-order chi connectivity index (χ1) is 7.49. The summed E-state index contributed by atoms with van der Waals surface area (Å²) in [4.78, 5) is 0. The molecule has 0 aliphatic carbocycles. The maximum absolute atomic E-state index is 5.90. The van der Waals surface area contributed by atoms with Crippen molar-refractivity contribution in [2.24, 2.45) is 7.05 Å². The highest BCUT2D eigenvalue weighted by Crippen LogP contribution is 2.17. The molecule has 0 unspecified atom stereocenters. The van der Waals surface area contributed by atoms with E-state index in [1.165, 1.54) is 5.56 Å². The van der Waals surface area contributed by atoms with Crippen LogP contribution in [0.15, 0.2) is 6.20 Å². The monoisotopic (exact) mass is 219 g/mol. The molecule has 0 atom stereocenters. The lowest BCUT2D eigenvalue weighted by atomic mass is 10.2. The van der Waals surface area contributed by atoms with E-state index in [9.17, 15) is 0 Å². The zero-order valence-electron chi connectivity index (χ0n) is 10.2. The second-order valence-corrected chi connectivity index (χ2v) is 4.16. The summed E-state index contributed by atoms with van der Waals surface area (Å²) in [6.07, 6.45) is 2.02. The maximum atomic E-state index is 5.90. The smallest absolute Gasteiger partial charge is 0.0826 e. The van der Waals surface area contributed by atoms with Crippen LogP contribution in [-0.2, 0) is 13.6 Å². The number of hydrogen-bond acceptors (Lipinski definition) is 3. The summed E-state index contributed by atoms with van der Waals surface area (Å²) in [5, 5.41) is 8.72. The molecule has 0 radical (unpaired) electrons. The van der Waals surface area contributed by atoms with E-state index in [0.29, 0.717) is 0 Å². The normalized spacial score (nSPS) is 11.0. The maximum Gasteiger partial charge on any atom is 0.0826 e. The molecule has 2 rings (SSSR count). The van der Waals surface area contributed by atoms with Gasteiger partial charge in [-0.15, -0.1) is 0 Å². The van der Waals surface area contributed by atoms with Crippen molar-refractivity contribution in [3.05, 3.63) is 28.8 Å². The van der Waals surface area contributed by atoms with Crippen molar-refractivity contribution < 1.29 is 0 Å². The summed E-state index contributed by atoms with van der Waals surface area (Å²) in [6.45, 7) is 6.64. The van der Waals surface area contributed by atoms with Gasteiger partial charge in [0.15, 0.2) is 0 Å². The Bertz CT molecular complexity index is 521. The molecule has 0 fully saturated rings. The van der Waals surface area contributed by atoms with E-state index in [2.05, 4.69) is 10.2 Å². The predicted octanol–water partition coefficient (Wildman–Crippen LogP) is 1.17. The lowest BCUT2D eigenvalue weighted by Crippen LogP contribution is -2.04. The van der Waals surface area contributed by atoms with Gasteiger partial charge in [-0.25, -0.2) is 0 Å². The van der Waals surface area contributed by atoms with Crippen LogP contribution >= 0.6 is 0 Å². The topological polar surface area (TPSA) is 61.7 Å². The van der Waals surface area contributed by atoms with Crippen LogP contribution in [-0.4, -0.2) is 19.6 Å². The fourth-order valence-electron chi connectivity index (χ4n) is 1.83.